The average molecular weight is 346 g/mol. The Labute approximate surface area is 127 Å². The van der Waals surface area contributed by atoms with Crippen LogP contribution >= 0.6 is 27.5 Å². The number of nitrogens with one attached hydrogen (secondary N) is 1. The van der Waals surface area contributed by atoms with Gasteiger partial charge in [-0.3, -0.25) is 4.79 Å². The third-order valence-corrected chi connectivity index (χ3v) is 4.53. The van der Waals surface area contributed by atoms with Crippen LogP contribution in [0.5, 0.6) is 0 Å². The number of rotatable bonds is 2. The zero-order valence-electron chi connectivity index (χ0n) is 11.1. The first kappa shape index (κ1) is 14.8. The Morgan fingerprint density at radius 2 is 2.21 bits per heavy atom. The summed E-state index contributed by atoms with van der Waals surface area (Å²) in [5.74, 6) is 1.12. The molecule has 5 heteroatoms. The van der Waals surface area contributed by atoms with E-state index in [2.05, 4.69) is 40.1 Å². The Balaban J connectivity index is 2.06. The third kappa shape index (κ3) is 3.69. The van der Waals surface area contributed by atoms with Gasteiger partial charge in [-0.15, -0.1) is 0 Å². The van der Waals surface area contributed by atoms with Crippen molar-refractivity contribution in [2.24, 2.45) is 11.8 Å². The van der Waals surface area contributed by atoms with Gasteiger partial charge in [0.15, 0.2) is 0 Å². The normalized spacial score (nSPS) is 27.1. The van der Waals surface area contributed by atoms with Crippen molar-refractivity contribution in [3.8, 4) is 0 Å². The molecule has 0 aliphatic heterocycles. The number of carbonyl (C=O) groups is 1. The molecule has 2 rings (SSSR count). The van der Waals surface area contributed by atoms with Gasteiger partial charge >= 0.3 is 0 Å². The highest BCUT2D eigenvalue weighted by atomic mass is 79.9. The van der Waals surface area contributed by atoms with Crippen molar-refractivity contribution < 1.29 is 4.79 Å². The summed E-state index contributed by atoms with van der Waals surface area (Å²) < 4.78 is 0.757. The molecule has 0 spiro atoms. The van der Waals surface area contributed by atoms with Crippen molar-refractivity contribution in [1.82, 2.24) is 10.3 Å². The minimum atomic E-state index is -0.134. The molecule has 0 saturated heterocycles. The number of aromatic nitrogens is 1. The van der Waals surface area contributed by atoms with Gasteiger partial charge in [0.05, 0.1) is 5.56 Å². The van der Waals surface area contributed by atoms with E-state index in [-0.39, 0.29) is 17.1 Å². The summed E-state index contributed by atoms with van der Waals surface area (Å²) in [7, 11) is 0. The topological polar surface area (TPSA) is 42.0 Å². The van der Waals surface area contributed by atoms with Gasteiger partial charge in [-0.2, -0.15) is 0 Å². The van der Waals surface area contributed by atoms with Gasteiger partial charge in [0, 0.05) is 16.7 Å². The number of pyridine rings is 1. The van der Waals surface area contributed by atoms with E-state index in [1.165, 1.54) is 6.42 Å². The van der Waals surface area contributed by atoms with Crippen LogP contribution in [0.4, 0.5) is 0 Å². The number of nitrogens with zero attached hydrogens (tertiary/aromatic N) is 1. The molecule has 19 heavy (non-hydrogen) atoms. The van der Waals surface area contributed by atoms with Crippen LogP contribution in [-0.2, 0) is 0 Å². The standard InChI is InChI=1S/C14H18BrClN2O/c1-8-3-4-12(9(2)5-8)18-14(19)11-6-10(15)7-17-13(11)16/h6-9,12H,3-5H2,1-2H3,(H,18,19). The fourth-order valence-electron chi connectivity index (χ4n) is 2.71. The highest BCUT2D eigenvalue weighted by Gasteiger charge is 2.27. The highest BCUT2D eigenvalue weighted by molar-refractivity contribution is 9.10. The largest absolute Gasteiger partial charge is 0.349 e. The van der Waals surface area contributed by atoms with Crippen LogP contribution in [0.25, 0.3) is 0 Å². The second-order valence-electron chi connectivity index (χ2n) is 5.47. The lowest BCUT2D eigenvalue weighted by Gasteiger charge is -2.33. The van der Waals surface area contributed by atoms with E-state index in [1.807, 2.05) is 0 Å². The maximum Gasteiger partial charge on any atom is 0.254 e. The molecule has 0 bridgehead atoms. The highest BCUT2D eigenvalue weighted by Crippen LogP contribution is 2.29. The molecular weight excluding hydrogens is 328 g/mol. The van der Waals surface area contributed by atoms with E-state index < -0.39 is 0 Å². The Morgan fingerprint density at radius 3 is 2.89 bits per heavy atom. The average Bonchev–Trinajstić information content (AvgIpc) is 2.35. The Bertz CT molecular complexity index is 481. The van der Waals surface area contributed by atoms with E-state index in [0.717, 1.165) is 23.2 Å². The lowest BCUT2D eigenvalue weighted by molar-refractivity contribution is 0.0899. The lowest BCUT2D eigenvalue weighted by atomic mass is 9.80. The molecule has 0 radical (unpaired) electrons. The zero-order chi connectivity index (χ0) is 14.0. The molecular formula is C14H18BrClN2O. The Kier molecular flexibility index (Phi) is 4.85. The summed E-state index contributed by atoms with van der Waals surface area (Å²) in [5.41, 5.74) is 0.432. The van der Waals surface area contributed by atoms with Crippen LogP contribution < -0.4 is 5.32 Å². The van der Waals surface area contributed by atoms with Crippen LogP contribution in [0.2, 0.25) is 5.15 Å². The molecule has 1 saturated carbocycles. The van der Waals surface area contributed by atoms with Crippen LogP contribution in [0.15, 0.2) is 16.7 Å². The summed E-state index contributed by atoms with van der Waals surface area (Å²) in [6, 6.07) is 1.94. The number of hydrogen-bond acceptors (Lipinski definition) is 2. The summed E-state index contributed by atoms with van der Waals surface area (Å²) in [5, 5.41) is 3.34. The molecule has 1 aromatic heterocycles. The van der Waals surface area contributed by atoms with Crippen molar-refractivity contribution in [2.75, 3.05) is 0 Å². The van der Waals surface area contributed by atoms with Gasteiger partial charge in [0.1, 0.15) is 5.15 Å². The first-order valence-electron chi connectivity index (χ1n) is 6.59. The summed E-state index contributed by atoms with van der Waals surface area (Å²) in [6.45, 7) is 4.46. The van der Waals surface area contributed by atoms with E-state index in [4.69, 9.17) is 11.6 Å². The van der Waals surface area contributed by atoms with Crippen molar-refractivity contribution in [2.45, 2.75) is 39.2 Å². The smallest absolute Gasteiger partial charge is 0.254 e. The Hall–Kier alpha value is -0.610. The quantitative estimate of drug-likeness (QED) is 0.822. The van der Waals surface area contributed by atoms with Gasteiger partial charge in [-0.1, -0.05) is 25.4 Å². The maximum atomic E-state index is 12.3. The zero-order valence-corrected chi connectivity index (χ0v) is 13.5. The second-order valence-corrected chi connectivity index (χ2v) is 6.74. The molecule has 1 heterocycles. The summed E-state index contributed by atoms with van der Waals surface area (Å²) in [4.78, 5) is 16.2. The predicted octanol–water partition coefficient (Wildman–Crippen LogP) is 4.05. The number of carbonyl (C=O) groups excluding carboxylic acids is 1. The second kappa shape index (κ2) is 6.23. The molecule has 1 aliphatic rings. The first-order chi connectivity index (χ1) is 8.97. The lowest BCUT2D eigenvalue weighted by Crippen LogP contribution is -2.42. The molecule has 1 aliphatic carbocycles. The van der Waals surface area contributed by atoms with E-state index in [1.54, 1.807) is 12.3 Å². The molecule has 1 fully saturated rings. The molecule has 1 amide bonds. The van der Waals surface area contributed by atoms with Gasteiger partial charge in [0.2, 0.25) is 0 Å². The van der Waals surface area contributed by atoms with E-state index in [0.29, 0.717) is 11.5 Å². The van der Waals surface area contributed by atoms with E-state index >= 15 is 0 Å². The molecule has 3 unspecified atom stereocenters. The monoisotopic (exact) mass is 344 g/mol. The molecule has 3 atom stereocenters. The van der Waals surface area contributed by atoms with Crippen molar-refractivity contribution in [1.29, 1.82) is 0 Å². The fraction of sp³-hybridized carbons (Fsp3) is 0.571. The van der Waals surface area contributed by atoms with Crippen molar-refractivity contribution in [3.63, 3.8) is 0 Å². The van der Waals surface area contributed by atoms with Crippen LogP contribution in [0.3, 0.4) is 0 Å². The molecule has 0 aromatic carbocycles. The fourth-order valence-corrected chi connectivity index (χ4v) is 3.23. The van der Waals surface area contributed by atoms with Gasteiger partial charge < -0.3 is 5.32 Å². The molecule has 104 valence electrons. The predicted molar refractivity (Wildman–Crippen MR) is 80.4 cm³/mol. The summed E-state index contributed by atoms with van der Waals surface area (Å²) >= 11 is 9.28. The van der Waals surface area contributed by atoms with Crippen molar-refractivity contribution >= 4 is 33.4 Å². The number of halogens is 2. The number of amides is 1. The van der Waals surface area contributed by atoms with Gasteiger partial charge in [0.25, 0.3) is 5.91 Å². The van der Waals surface area contributed by atoms with Crippen LogP contribution in [-0.4, -0.2) is 16.9 Å². The van der Waals surface area contributed by atoms with Gasteiger partial charge in [-0.05, 0) is 53.1 Å². The minimum absolute atomic E-state index is 0.134. The van der Waals surface area contributed by atoms with Gasteiger partial charge in [-0.25, -0.2) is 4.98 Å². The summed E-state index contributed by atoms with van der Waals surface area (Å²) in [6.07, 6.45) is 4.95. The third-order valence-electron chi connectivity index (χ3n) is 3.80. The SMILES string of the molecule is CC1CCC(NC(=O)c2cc(Br)cnc2Cl)C(C)C1. The molecule has 1 N–H and O–H groups in total. The van der Waals surface area contributed by atoms with Crippen LogP contribution in [0.1, 0.15) is 43.5 Å². The first-order valence-corrected chi connectivity index (χ1v) is 7.76. The number of hydrogen-bond donors (Lipinski definition) is 1. The van der Waals surface area contributed by atoms with Crippen LogP contribution in [0, 0.1) is 11.8 Å². The molecule has 1 aromatic rings. The van der Waals surface area contributed by atoms with Crippen molar-refractivity contribution in [3.05, 3.63) is 27.5 Å². The Morgan fingerprint density at radius 1 is 1.47 bits per heavy atom. The van der Waals surface area contributed by atoms with E-state index in [9.17, 15) is 4.79 Å². The molecule has 3 nitrogen and oxygen atoms in total. The maximum absolute atomic E-state index is 12.3. The minimum Gasteiger partial charge on any atom is -0.349 e.